The molecule has 104 valence electrons. The minimum atomic E-state index is 0.318. The molecule has 2 aromatic rings. The highest BCUT2D eigenvalue weighted by Crippen LogP contribution is 2.23. The normalized spacial score (nSPS) is 12.8. The Bertz CT molecular complexity index is 503. The standard InChI is InChI=1S/C14H22N4S/c1-4-6-15-12(13-10-17-11(3)19-13)9-14-16-7-8-18(14)5-2/h7-8,10,12,15H,4-6,9H2,1-3H3. The fraction of sp³-hybridized carbons (Fsp3) is 0.571. The highest BCUT2D eigenvalue weighted by atomic mass is 32.1. The number of hydrogen-bond donors (Lipinski definition) is 1. The molecule has 0 fully saturated rings. The van der Waals surface area contributed by atoms with Crippen molar-refractivity contribution in [3.05, 3.63) is 34.3 Å². The maximum Gasteiger partial charge on any atom is 0.110 e. The largest absolute Gasteiger partial charge is 0.335 e. The molecule has 1 unspecified atom stereocenters. The zero-order valence-electron chi connectivity index (χ0n) is 11.9. The second-order valence-electron chi connectivity index (χ2n) is 4.62. The highest BCUT2D eigenvalue weighted by molar-refractivity contribution is 7.11. The molecule has 0 radical (unpaired) electrons. The van der Waals surface area contributed by atoms with E-state index in [2.05, 4.69) is 40.6 Å². The molecule has 19 heavy (non-hydrogen) atoms. The van der Waals surface area contributed by atoms with Gasteiger partial charge in [-0.1, -0.05) is 6.92 Å². The number of nitrogens with one attached hydrogen (secondary N) is 1. The topological polar surface area (TPSA) is 42.7 Å². The first-order valence-corrected chi connectivity index (χ1v) is 7.72. The Morgan fingerprint density at radius 3 is 2.84 bits per heavy atom. The summed E-state index contributed by atoms with van der Waals surface area (Å²) in [6, 6.07) is 0.318. The quantitative estimate of drug-likeness (QED) is 0.846. The van der Waals surface area contributed by atoms with Crippen LogP contribution in [0.3, 0.4) is 0 Å². The molecular weight excluding hydrogens is 256 g/mol. The van der Waals surface area contributed by atoms with Crippen molar-refractivity contribution in [2.45, 2.75) is 46.2 Å². The first-order chi connectivity index (χ1) is 9.24. The first kappa shape index (κ1) is 14.2. The van der Waals surface area contributed by atoms with Gasteiger partial charge in [-0.3, -0.25) is 0 Å². The van der Waals surface area contributed by atoms with Crippen LogP contribution < -0.4 is 5.32 Å². The zero-order valence-corrected chi connectivity index (χ0v) is 12.7. The second-order valence-corrected chi connectivity index (χ2v) is 5.89. The van der Waals surface area contributed by atoms with Crippen LogP contribution in [0.15, 0.2) is 18.6 Å². The zero-order chi connectivity index (χ0) is 13.7. The maximum atomic E-state index is 4.47. The number of imidazole rings is 1. The molecule has 2 rings (SSSR count). The van der Waals surface area contributed by atoms with Crippen molar-refractivity contribution in [3.63, 3.8) is 0 Å². The molecule has 0 aliphatic heterocycles. The van der Waals surface area contributed by atoms with Gasteiger partial charge in [0.2, 0.25) is 0 Å². The third-order valence-corrected chi connectivity index (χ3v) is 4.18. The van der Waals surface area contributed by atoms with Crippen LogP contribution in [0, 0.1) is 6.92 Å². The van der Waals surface area contributed by atoms with Crippen LogP contribution in [0.5, 0.6) is 0 Å². The van der Waals surface area contributed by atoms with E-state index in [1.807, 2.05) is 18.6 Å². The summed E-state index contributed by atoms with van der Waals surface area (Å²) in [7, 11) is 0. The molecular formula is C14H22N4S. The smallest absolute Gasteiger partial charge is 0.110 e. The van der Waals surface area contributed by atoms with Crippen LogP contribution in [-0.4, -0.2) is 21.1 Å². The molecule has 0 saturated carbocycles. The lowest BCUT2D eigenvalue weighted by Gasteiger charge is -2.17. The van der Waals surface area contributed by atoms with E-state index >= 15 is 0 Å². The van der Waals surface area contributed by atoms with Crippen molar-refractivity contribution in [2.75, 3.05) is 6.54 Å². The van der Waals surface area contributed by atoms with Gasteiger partial charge >= 0.3 is 0 Å². The number of nitrogens with zero attached hydrogens (tertiary/aromatic N) is 3. The molecule has 1 atom stereocenters. The van der Waals surface area contributed by atoms with Gasteiger partial charge in [0.25, 0.3) is 0 Å². The molecule has 0 bridgehead atoms. The number of hydrogen-bond acceptors (Lipinski definition) is 4. The van der Waals surface area contributed by atoms with E-state index < -0.39 is 0 Å². The molecule has 0 spiro atoms. The lowest BCUT2D eigenvalue weighted by molar-refractivity contribution is 0.512. The lowest BCUT2D eigenvalue weighted by atomic mass is 10.1. The van der Waals surface area contributed by atoms with E-state index in [0.29, 0.717) is 6.04 Å². The molecule has 4 nitrogen and oxygen atoms in total. The third kappa shape index (κ3) is 3.64. The summed E-state index contributed by atoms with van der Waals surface area (Å²) in [5, 5.41) is 4.73. The molecule has 0 amide bonds. The minimum Gasteiger partial charge on any atom is -0.335 e. The minimum absolute atomic E-state index is 0.318. The van der Waals surface area contributed by atoms with E-state index in [-0.39, 0.29) is 0 Å². The van der Waals surface area contributed by atoms with E-state index in [1.54, 1.807) is 11.3 Å². The third-order valence-electron chi connectivity index (χ3n) is 3.15. The summed E-state index contributed by atoms with van der Waals surface area (Å²) in [4.78, 5) is 10.1. The van der Waals surface area contributed by atoms with Crippen molar-refractivity contribution in [1.82, 2.24) is 19.9 Å². The van der Waals surface area contributed by atoms with Gasteiger partial charge in [-0.2, -0.15) is 0 Å². The summed E-state index contributed by atoms with van der Waals surface area (Å²) in [6.07, 6.45) is 7.98. The Labute approximate surface area is 118 Å². The Balaban J connectivity index is 2.14. The Kier molecular flexibility index (Phi) is 5.10. The molecule has 0 aliphatic carbocycles. The molecule has 0 aromatic carbocycles. The summed E-state index contributed by atoms with van der Waals surface area (Å²) >= 11 is 1.77. The van der Waals surface area contributed by atoms with Gasteiger partial charge in [0.05, 0.1) is 11.0 Å². The first-order valence-electron chi connectivity index (χ1n) is 6.90. The maximum absolute atomic E-state index is 4.47. The molecule has 2 heterocycles. The van der Waals surface area contributed by atoms with Gasteiger partial charge in [0.1, 0.15) is 5.82 Å². The summed E-state index contributed by atoms with van der Waals surface area (Å²) in [6.45, 7) is 8.38. The fourth-order valence-electron chi connectivity index (χ4n) is 2.13. The monoisotopic (exact) mass is 278 g/mol. The second kappa shape index (κ2) is 6.82. The molecule has 0 aliphatic rings. The fourth-order valence-corrected chi connectivity index (χ4v) is 2.99. The van der Waals surface area contributed by atoms with Crippen molar-refractivity contribution < 1.29 is 0 Å². The van der Waals surface area contributed by atoms with Crippen LogP contribution in [0.25, 0.3) is 0 Å². The van der Waals surface area contributed by atoms with Gasteiger partial charge in [-0.15, -0.1) is 11.3 Å². The number of rotatable bonds is 7. The number of thiazole rings is 1. The van der Waals surface area contributed by atoms with Crippen molar-refractivity contribution in [1.29, 1.82) is 0 Å². The molecule has 1 N–H and O–H groups in total. The average molecular weight is 278 g/mol. The van der Waals surface area contributed by atoms with Gasteiger partial charge in [-0.05, 0) is 26.8 Å². The van der Waals surface area contributed by atoms with Gasteiger partial charge in [-0.25, -0.2) is 9.97 Å². The summed E-state index contributed by atoms with van der Waals surface area (Å²) < 4.78 is 2.20. The lowest BCUT2D eigenvalue weighted by Crippen LogP contribution is -2.24. The summed E-state index contributed by atoms with van der Waals surface area (Å²) in [5.74, 6) is 1.14. The highest BCUT2D eigenvalue weighted by Gasteiger charge is 2.16. The van der Waals surface area contributed by atoms with Crippen LogP contribution in [0.4, 0.5) is 0 Å². The Morgan fingerprint density at radius 1 is 1.37 bits per heavy atom. The van der Waals surface area contributed by atoms with E-state index in [9.17, 15) is 0 Å². The van der Waals surface area contributed by atoms with Gasteiger partial charge in [0.15, 0.2) is 0 Å². The van der Waals surface area contributed by atoms with Crippen molar-refractivity contribution in [2.24, 2.45) is 0 Å². The molecule has 5 heteroatoms. The van der Waals surface area contributed by atoms with Crippen LogP contribution >= 0.6 is 11.3 Å². The molecule has 0 saturated heterocycles. The van der Waals surface area contributed by atoms with Crippen LogP contribution in [0.1, 0.15) is 42.0 Å². The van der Waals surface area contributed by atoms with E-state index in [1.165, 1.54) is 4.88 Å². The Hall–Kier alpha value is -1.20. The van der Waals surface area contributed by atoms with Gasteiger partial charge in [0, 0.05) is 36.4 Å². The SMILES string of the molecule is CCCNC(Cc1nccn1CC)c1cnc(C)s1. The van der Waals surface area contributed by atoms with Crippen molar-refractivity contribution >= 4 is 11.3 Å². The van der Waals surface area contributed by atoms with Crippen molar-refractivity contribution in [3.8, 4) is 0 Å². The predicted octanol–water partition coefficient (Wildman–Crippen LogP) is 2.95. The molecule has 2 aromatic heterocycles. The van der Waals surface area contributed by atoms with E-state index in [4.69, 9.17) is 0 Å². The average Bonchev–Trinajstić information content (AvgIpc) is 3.02. The summed E-state index contributed by atoms with van der Waals surface area (Å²) in [5.41, 5.74) is 0. The van der Waals surface area contributed by atoms with Gasteiger partial charge < -0.3 is 9.88 Å². The predicted molar refractivity (Wildman–Crippen MR) is 79.5 cm³/mol. The van der Waals surface area contributed by atoms with E-state index in [0.717, 1.165) is 36.8 Å². The number of aromatic nitrogens is 3. The van der Waals surface area contributed by atoms with Crippen LogP contribution in [0.2, 0.25) is 0 Å². The Morgan fingerprint density at radius 2 is 2.21 bits per heavy atom. The van der Waals surface area contributed by atoms with Crippen LogP contribution in [-0.2, 0) is 13.0 Å². The number of aryl methyl sites for hydroxylation is 2.